The summed E-state index contributed by atoms with van der Waals surface area (Å²) in [4.78, 5) is 22.7. The third-order valence-electron chi connectivity index (χ3n) is 3.26. The van der Waals surface area contributed by atoms with E-state index in [2.05, 4.69) is 12.6 Å². The predicted octanol–water partition coefficient (Wildman–Crippen LogP) is 3.43. The standard InChI is InChI=1S/C15H16N2O3S/c1-10(2)16-14(8-5-12(9-21)15(16)18)11-3-6-13(7-4-11)17(19)20/h3-8,10,21H,9H2,1-2H3. The van der Waals surface area contributed by atoms with E-state index in [4.69, 9.17) is 0 Å². The molecular weight excluding hydrogens is 288 g/mol. The Bertz CT molecular complexity index is 721. The molecule has 110 valence electrons. The first kappa shape index (κ1) is 15.3. The molecule has 0 aliphatic heterocycles. The maximum Gasteiger partial charge on any atom is 0.269 e. The van der Waals surface area contributed by atoms with E-state index in [-0.39, 0.29) is 17.3 Å². The molecule has 6 heteroatoms. The van der Waals surface area contributed by atoms with E-state index in [1.54, 1.807) is 22.8 Å². The number of rotatable bonds is 4. The number of hydrogen-bond donors (Lipinski definition) is 1. The van der Waals surface area contributed by atoms with E-state index in [1.165, 1.54) is 12.1 Å². The van der Waals surface area contributed by atoms with Crippen molar-refractivity contribution in [1.29, 1.82) is 0 Å². The van der Waals surface area contributed by atoms with Crippen molar-refractivity contribution in [1.82, 2.24) is 4.57 Å². The number of nitro benzene ring substituents is 1. The third kappa shape index (κ3) is 3.00. The molecule has 0 fully saturated rings. The Balaban J connectivity index is 2.60. The quantitative estimate of drug-likeness (QED) is 0.534. The highest BCUT2D eigenvalue weighted by Crippen LogP contribution is 2.24. The molecule has 0 atom stereocenters. The molecule has 0 unspecified atom stereocenters. The zero-order valence-electron chi connectivity index (χ0n) is 11.8. The van der Waals surface area contributed by atoms with Crippen LogP contribution in [0.4, 0.5) is 5.69 Å². The van der Waals surface area contributed by atoms with Gasteiger partial charge in [0.25, 0.3) is 11.2 Å². The minimum Gasteiger partial charge on any atom is -0.306 e. The van der Waals surface area contributed by atoms with Crippen molar-refractivity contribution < 1.29 is 4.92 Å². The molecule has 2 rings (SSSR count). The Hall–Kier alpha value is -2.08. The van der Waals surface area contributed by atoms with Gasteiger partial charge in [0, 0.05) is 29.5 Å². The monoisotopic (exact) mass is 304 g/mol. The van der Waals surface area contributed by atoms with Crippen LogP contribution in [0.1, 0.15) is 25.5 Å². The molecule has 0 saturated heterocycles. The predicted molar refractivity (Wildman–Crippen MR) is 85.9 cm³/mol. The summed E-state index contributed by atoms with van der Waals surface area (Å²) in [6, 6.07) is 9.80. The van der Waals surface area contributed by atoms with E-state index in [9.17, 15) is 14.9 Å². The maximum absolute atomic E-state index is 12.4. The second-order valence-electron chi connectivity index (χ2n) is 4.97. The van der Waals surface area contributed by atoms with Crippen LogP contribution < -0.4 is 5.56 Å². The van der Waals surface area contributed by atoms with Gasteiger partial charge in [0.2, 0.25) is 0 Å². The summed E-state index contributed by atoms with van der Waals surface area (Å²) in [6.45, 7) is 3.86. The van der Waals surface area contributed by atoms with Crippen LogP contribution in [0, 0.1) is 10.1 Å². The Morgan fingerprint density at radius 3 is 2.29 bits per heavy atom. The molecule has 0 bridgehead atoms. The molecule has 0 aliphatic rings. The van der Waals surface area contributed by atoms with Crippen LogP contribution in [0.3, 0.4) is 0 Å². The van der Waals surface area contributed by atoms with Gasteiger partial charge in [0.05, 0.1) is 10.6 Å². The van der Waals surface area contributed by atoms with Gasteiger partial charge in [-0.1, -0.05) is 6.07 Å². The van der Waals surface area contributed by atoms with Crippen LogP contribution in [-0.4, -0.2) is 9.49 Å². The van der Waals surface area contributed by atoms with E-state index in [0.29, 0.717) is 11.3 Å². The van der Waals surface area contributed by atoms with Gasteiger partial charge in [0.1, 0.15) is 0 Å². The van der Waals surface area contributed by atoms with E-state index < -0.39 is 4.92 Å². The van der Waals surface area contributed by atoms with E-state index in [1.807, 2.05) is 19.9 Å². The highest BCUT2D eigenvalue weighted by Gasteiger charge is 2.13. The number of hydrogen-bond acceptors (Lipinski definition) is 4. The lowest BCUT2D eigenvalue weighted by Gasteiger charge is -2.17. The zero-order chi connectivity index (χ0) is 15.6. The van der Waals surface area contributed by atoms with Crippen molar-refractivity contribution in [3.63, 3.8) is 0 Å². The first-order valence-corrected chi connectivity index (χ1v) is 7.19. The highest BCUT2D eigenvalue weighted by molar-refractivity contribution is 7.79. The Kier molecular flexibility index (Phi) is 4.47. The second-order valence-corrected chi connectivity index (χ2v) is 5.29. The van der Waals surface area contributed by atoms with Crippen LogP contribution in [-0.2, 0) is 5.75 Å². The lowest BCUT2D eigenvalue weighted by atomic mass is 10.1. The van der Waals surface area contributed by atoms with Crippen LogP contribution in [0.15, 0.2) is 41.2 Å². The van der Waals surface area contributed by atoms with Gasteiger partial charge >= 0.3 is 0 Å². The van der Waals surface area contributed by atoms with Crippen molar-refractivity contribution in [2.75, 3.05) is 0 Å². The molecule has 0 N–H and O–H groups in total. The number of aromatic nitrogens is 1. The number of benzene rings is 1. The maximum atomic E-state index is 12.4. The molecule has 1 heterocycles. The molecule has 2 aromatic rings. The average molecular weight is 304 g/mol. The topological polar surface area (TPSA) is 65.1 Å². The van der Waals surface area contributed by atoms with Gasteiger partial charge in [-0.25, -0.2) is 0 Å². The first-order valence-electron chi connectivity index (χ1n) is 6.55. The molecule has 0 saturated carbocycles. The highest BCUT2D eigenvalue weighted by atomic mass is 32.1. The second kappa shape index (κ2) is 6.13. The molecule has 1 aromatic carbocycles. The number of thiol groups is 1. The minimum absolute atomic E-state index is 0.0116. The SMILES string of the molecule is CC(C)n1c(-c2ccc([N+](=O)[O-])cc2)ccc(CS)c1=O. The summed E-state index contributed by atoms with van der Waals surface area (Å²) in [5.74, 6) is 0.381. The summed E-state index contributed by atoms with van der Waals surface area (Å²) in [5, 5.41) is 10.7. The van der Waals surface area contributed by atoms with Gasteiger partial charge in [-0.05, 0) is 37.6 Å². The number of non-ortho nitro benzene ring substituents is 1. The van der Waals surface area contributed by atoms with Crippen molar-refractivity contribution in [2.24, 2.45) is 0 Å². The summed E-state index contributed by atoms with van der Waals surface area (Å²) in [7, 11) is 0. The molecule has 0 amide bonds. The van der Waals surface area contributed by atoms with E-state index in [0.717, 1.165) is 11.3 Å². The lowest BCUT2D eigenvalue weighted by molar-refractivity contribution is -0.384. The smallest absolute Gasteiger partial charge is 0.269 e. The molecular formula is C15H16N2O3S. The number of nitrogens with zero attached hydrogens (tertiary/aromatic N) is 2. The van der Waals surface area contributed by atoms with Gasteiger partial charge in [0.15, 0.2) is 0 Å². The number of pyridine rings is 1. The van der Waals surface area contributed by atoms with Gasteiger partial charge in [-0.2, -0.15) is 12.6 Å². The van der Waals surface area contributed by atoms with E-state index >= 15 is 0 Å². The van der Waals surface area contributed by atoms with Crippen LogP contribution in [0.25, 0.3) is 11.3 Å². The van der Waals surface area contributed by atoms with Gasteiger partial charge < -0.3 is 4.57 Å². The minimum atomic E-state index is -0.441. The summed E-state index contributed by atoms with van der Waals surface area (Å²) in [5.41, 5.74) is 2.12. The van der Waals surface area contributed by atoms with Gasteiger partial charge in [-0.15, -0.1) is 0 Å². The molecule has 0 radical (unpaired) electrons. The van der Waals surface area contributed by atoms with Crippen molar-refractivity contribution in [3.8, 4) is 11.3 Å². The normalized spacial score (nSPS) is 10.9. The van der Waals surface area contributed by atoms with Crippen molar-refractivity contribution >= 4 is 18.3 Å². The summed E-state index contributed by atoms with van der Waals surface area (Å²) >= 11 is 4.16. The van der Waals surface area contributed by atoms with Crippen molar-refractivity contribution in [2.45, 2.75) is 25.6 Å². The average Bonchev–Trinajstić information content (AvgIpc) is 2.46. The molecule has 21 heavy (non-hydrogen) atoms. The Morgan fingerprint density at radius 2 is 1.81 bits per heavy atom. The fraction of sp³-hybridized carbons (Fsp3) is 0.267. The molecule has 1 aromatic heterocycles. The third-order valence-corrected chi connectivity index (χ3v) is 3.60. The molecule has 0 spiro atoms. The fourth-order valence-corrected chi connectivity index (χ4v) is 2.46. The lowest BCUT2D eigenvalue weighted by Crippen LogP contribution is -2.26. The molecule has 0 aliphatic carbocycles. The summed E-state index contributed by atoms with van der Waals surface area (Å²) < 4.78 is 1.69. The Labute approximate surface area is 127 Å². The zero-order valence-corrected chi connectivity index (χ0v) is 12.7. The van der Waals surface area contributed by atoms with Crippen LogP contribution in [0.5, 0.6) is 0 Å². The summed E-state index contributed by atoms with van der Waals surface area (Å²) in [6.07, 6.45) is 0. The van der Waals surface area contributed by atoms with Crippen molar-refractivity contribution in [3.05, 3.63) is 62.4 Å². The Morgan fingerprint density at radius 1 is 1.19 bits per heavy atom. The fourth-order valence-electron chi connectivity index (χ4n) is 2.22. The first-order chi connectivity index (χ1) is 9.95. The number of nitro groups is 1. The van der Waals surface area contributed by atoms with Gasteiger partial charge in [-0.3, -0.25) is 14.9 Å². The van der Waals surface area contributed by atoms with Crippen LogP contribution >= 0.6 is 12.6 Å². The largest absolute Gasteiger partial charge is 0.306 e. The van der Waals surface area contributed by atoms with Crippen LogP contribution in [0.2, 0.25) is 0 Å². The molecule has 5 nitrogen and oxygen atoms in total.